The highest BCUT2D eigenvalue weighted by atomic mass is 16.5. The molecule has 0 bridgehead atoms. The van der Waals surface area contributed by atoms with Crippen LogP contribution in [0.1, 0.15) is 13.3 Å². The van der Waals surface area contributed by atoms with E-state index in [1.165, 1.54) is 0 Å². The third-order valence-corrected chi connectivity index (χ3v) is 4.10. The standard InChI is InChI=1S/C15H29N3O3/c1-4-13-11-18(6-8-20-13)15(19)12-17-5-7-21-14(10-17)9-16(2)3/h13-14H,4-12H2,1-3H3. The number of morpholine rings is 2. The number of likely N-dealkylation sites (N-methyl/N-ethyl adjacent to an activating group) is 1. The number of amides is 1. The first kappa shape index (κ1) is 16.7. The molecule has 2 rings (SSSR count). The molecule has 2 aliphatic rings. The Morgan fingerprint density at radius 3 is 2.57 bits per heavy atom. The zero-order valence-corrected chi connectivity index (χ0v) is 13.6. The van der Waals surface area contributed by atoms with Gasteiger partial charge in [0.15, 0.2) is 0 Å². The Kier molecular flexibility index (Phi) is 6.41. The van der Waals surface area contributed by atoms with E-state index in [4.69, 9.17) is 9.47 Å². The summed E-state index contributed by atoms with van der Waals surface area (Å²) in [6.45, 7) is 8.03. The fourth-order valence-corrected chi connectivity index (χ4v) is 2.93. The van der Waals surface area contributed by atoms with Gasteiger partial charge in [-0.15, -0.1) is 0 Å². The lowest BCUT2D eigenvalue weighted by atomic mass is 10.2. The fourth-order valence-electron chi connectivity index (χ4n) is 2.93. The van der Waals surface area contributed by atoms with Gasteiger partial charge in [0.25, 0.3) is 0 Å². The summed E-state index contributed by atoms with van der Waals surface area (Å²) in [6.07, 6.45) is 1.37. The third kappa shape index (κ3) is 5.21. The summed E-state index contributed by atoms with van der Waals surface area (Å²) in [7, 11) is 4.10. The van der Waals surface area contributed by atoms with Gasteiger partial charge in [0.2, 0.25) is 5.91 Å². The Hall–Kier alpha value is -0.690. The number of hydrogen-bond donors (Lipinski definition) is 0. The minimum atomic E-state index is 0.203. The van der Waals surface area contributed by atoms with Gasteiger partial charge in [-0.1, -0.05) is 6.92 Å². The Morgan fingerprint density at radius 2 is 1.86 bits per heavy atom. The summed E-state index contributed by atoms with van der Waals surface area (Å²) < 4.78 is 11.4. The van der Waals surface area contributed by atoms with Crippen molar-refractivity contribution < 1.29 is 14.3 Å². The van der Waals surface area contributed by atoms with Crippen LogP contribution in [-0.4, -0.2) is 99.4 Å². The number of ether oxygens (including phenoxy) is 2. The average molecular weight is 299 g/mol. The molecule has 0 aromatic carbocycles. The molecule has 0 saturated carbocycles. The first-order chi connectivity index (χ1) is 10.1. The molecule has 122 valence electrons. The van der Waals surface area contributed by atoms with Crippen LogP contribution < -0.4 is 0 Å². The van der Waals surface area contributed by atoms with Crippen molar-refractivity contribution in [1.29, 1.82) is 0 Å². The Bertz CT molecular complexity index is 338. The quantitative estimate of drug-likeness (QED) is 0.709. The Morgan fingerprint density at radius 1 is 1.14 bits per heavy atom. The third-order valence-electron chi connectivity index (χ3n) is 4.10. The summed E-state index contributed by atoms with van der Waals surface area (Å²) in [5.41, 5.74) is 0. The van der Waals surface area contributed by atoms with Gasteiger partial charge in [-0.05, 0) is 20.5 Å². The molecule has 0 radical (unpaired) electrons. The molecule has 1 amide bonds. The SMILES string of the molecule is CCC1CN(C(=O)CN2CCOC(CN(C)C)C2)CCO1. The number of rotatable bonds is 5. The normalized spacial score (nSPS) is 28.1. The topological polar surface area (TPSA) is 45.2 Å². The van der Waals surface area contributed by atoms with Crippen LogP contribution in [0.3, 0.4) is 0 Å². The van der Waals surface area contributed by atoms with Crippen molar-refractivity contribution in [2.75, 3.05) is 66.6 Å². The van der Waals surface area contributed by atoms with Gasteiger partial charge in [0, 0.05) is 32.7 Å². The fraction of sp³-hybridized carbons (Fsp3) is 0.933. The summed E-state index contributed by atoms with van der Waals surface area (Å²) in [6, 6.07) is 0. The van der Waals surface area contributed by atoms with Crippen molar-refractivity contribution in [2.45, 2.75) is 25.6 Å². The van der Waals surface area contributed by atoms with Crippen LogP contribution in [0.2, 0.25) is 0 Å². The summed E-state index contributed by atoms with van der Waals surface area (Å²) in [5, 5.41) is 0. The maximum atomic E-state index is 12.4. The molecule has 0 aromatic heterocycles. The van der Waals surface area contributed by atoms with Crippen LogP contribution in [0.5, 0.6) is 0 Å². The van der Waals surface area contributed by atoms with E-state index in [-0.39, 0.29) is 18.1 Å². The van der Waals surface area contributed by atoms with Gasteiger partial charge in [0.1, 0.15) is 0 Å². The second-order valence-electron chi connectivity index (χ2n) is 6.23. The van der Waals surface area contributed by atoms with Crippen LogP contribution >= 0.6 is 0 Å². The van der Waals surface area contributed by atoms with Crippen LogP contribution in [0.4, 0.5) is 0 Å². The monoisotopic (exact) mass is 299 g/mol. The van der Waals surface area contributed by atoms with Gasteiger partial charge >= 0.3 is 0 Å². The van der Waals surface area contributed by atoms with Gasteiger partial charge < -0.3 is 19.3 Å². The first-order valence-electron chi connectivity index (χ1n) is 7.96. The smallest absolute Gasteiger partial charge is 0.236 e. The number of carbonyl (C=O) groups excluding carboxylic acids is 1. The maximum absolute atomic E-state index is 12.4. The molecule has 6 heteroatoms. The molecule has 0 aliphatic carbocycles. The van der Waals surface area contributed by atoms with Crippen molar-refractivity contribution in [3.05, 3.63) is 0 Å². The highest BCUT2D eigenvalue weighted by molar-refractivity contribution is 5.78. The van der Waals surface area contributed by atoms with Gasteiger partial charge in [0.05, 0.1) is 32.0 Å². The summed E-state index contributed by atoms with van der Waals surface area (Å²) >= 11 is 0. The highest BCUT2D eigenvalue weighted by Gasteiger charge is 2.27. The predicted octanol–water partition coefficient (Wildman–Crippen LogP) is -0.114. The van der Waals surface area contributed by atoms with E-state index in [0.717, 1.165) is 39.1 Å². The number of nitrogens with zero attached hydrogens (tertiary/aromatic N) is 3. The lowest BCUT2D eigenvalue weighted by molar-refractivity contribution is -0.142. The molecule has 0 spiro atoms. The zero-order valence-electron chi connectivity index (χ0n) is 13.6. The first-order valence-corrected chi connectivity index (χ1v) is 7.96. The van der Waals surface area contributed by atoms with E-state index in [1.807, 2.05) is 19.0 Å². The van der Waals surface area contributed by atoms with E-state index in [1.54, 1.807) is 0 Å². The van der Waals surface area contributed by atoms with Crippen LogP contribution in [-0.2, 0) is 14.3 Å². The number of hydrogen-bond acceptors (Lipinski definition) is 5. The molecule has 2 fully saturated rings. The molecule has 2 saturated heterocycles. The van der Waals surface area contributed by atoms with Gasteiger partial charge in [-0.3, -0.25) is 9.69 Å². The average Bonchev–Trinajstić information content (AvgIpc) is 2.47. The van der Waals surface area contributed by atoms with Crippen LogP contribution in [0, 0.1) is 0 Å². The molecule has 21 heavy (non-hydrogen) atoms. The molecule has 2 atom stereocenters. The maximum Gasteiger partial charge on any atom is 0.236 e. The van der Waals surface area contributed by atoms with Crippen molar-refractivity contribution >= 4 is 5.91 Å². The largest absolute Gasteiger partial charge is 0.375 e. The van der Waals surface area contributed by atoms with Crippen molar-refractivity contribution in [1.82, 2.24) is 14.7 Å². The molecule has 2 unspecified atom stereocenters. The zero-order chi connectivity index (χ0) is 15.2. The minimum absolute atomic E-state index is 0.203. The van der Waals surface area contributed by atoms with Crippen molar-refractivity contribution in [2.24, 2.45) is 0 Å². The van der Waals surface area contributed by atoms with Crippen LogP contribution in [0.25, 0.3) is 0 Å². The summed E-state index contributed by atoms with van der Waals surface area (Å²) in [5.74, 6) is 0.224. The van der Waals surface area contributed by atoms with Crippen molar-refractivity contribution in [3.63, 3.8) is 0 Å². The molecule has 2 heterocycles. The molecule has 0 N–H and O–H groups in total. The molecule has 0 aromatic rings. The molecular weight excluding hydrogens is 270 g/mol. The Balaban J connectivity index is 1.78. The molecule has 6 nitrogen and oxygen atoms in total. The Labute approximate surface area is 128 Å². The van der Waals surface area contributed by atoms with E-state index < -0.39 is 0 Å². The lowest BCUT2D eigenvalue weighted by Crippen LogP contribution is -2.52. The second-order valence-corrected chi connectivity index (χ2v) is 6.23. The van der Waals surface area contributed by atoms with E-state index >= 15 is 0 Å². The van der Waals surface area contributed by atoms with Gasteiger partial charge in [-0.25, -0.2) is 0 Å². The predicted molar refractivity (Wildman–Crippen MR) is 81.3 cm³/mol. The minimum Gasteiger partial charge on any atom is -0.375 e. The number of carbonyl (C=O) groups is 1. The summed E-state index contributed by atoms with van der Waals surface area (Å²) in [4.78, 5) is 18.7. The molecular formula is C15H29N3O3. The van der Waals surface area contributed by atoms with Gasteiger partial charge in [-0.2, -0.15) is 0 Å². The highest BCUT2D eigenvalue weighted by Crippen LogP contribution is 2.11. The molecule has 2 aliphatic heterocycles. The van der Waals surface area contributed by atoms with Crippen LogP contribution in [0.15, 0.2) is 0 Å². The van der Waals surface area contributed by atoms with E-state index in [0.29, 0.717) is 19.8 Å². The van der Waals surface area contributed by atoms with E-state index in [9.17, 15) is 4.79 Å². The second kappa shape index (κ2) is 8.08. The van der Waals surface area contributed by atoms with Crippen molar-refractivity contribution in [3.8, 4) is 0 Å². The lowest BCUT2D eigenvalue weighted by Gasteiger charge is -2.37. The van der Waals surface area contributed by atoms with E-state index in [2.05, 4.69) is 16.7 Å².